The number of halogens is 1. The third-order valence-electron chi connectivity index (χ3n) is 26.7. The van der Waals surface area contributed by atoms with E-state index in [0.717, 1.165) is 181 Å². The summed E-state index contributed by atoms with van der Waals surface area (Å²) in [5, 5.41) is 25.8. The summed E-state index contributed by atoms with van der Waals surface area (Å²) in [4.78, 5) is 146. The van der Waals surface area contributed by atoms with Crippen LogP contribution in [0.2, 0.25) is 5.02 Å². The van der Waals surface area contributed by atoms with Crippen LogP contribution in [0.1, 0.15) is 164 Å². The van der Waals surface area contributed by atoms with E-state index in [9.17, 15) is 24.0 Å². The highest BCUT2D eigenvalue weighted by Crippen LogP contribution is 2.41. The van der Waals surface area contributed by atoms with Crippen molar-refractivity contribution in [2.75, 3.05) is 26.6 Å². The highest BCUT2D eigenvalue weighted by atomic mass is 35.5. The molecule has 0 radical (unpaired) electrons. The molecule has 36 heteroatoms. The van der Waals surface area contributed by atoms with Crippen LogP contribution >= 0.6 is 11.6 Å². The first kappa shape index (κ1) is 94.1. The van der Waals surface area contributed by atoms with Crippen LogP contribution in [-0.2, 0) is 0 Å². The van der Waals surface area contributed by atoms with E-state index in [-0.39, 0.29) is 64.0 Å². The number of H-pyrrole nitrogens is 5. The number of nitrogens with one attached hydrogen (secondary N) is 10. The van der Waals surface area contributed by atoms with Gasteiger partial charge in [0.25, 0.3) is 27.8 Å². The second-order valence-corrected chi connectivity index (χ2v) is 37.3. The van der Waals surface area contributed by atoms with Crippen molar-refractivity contribution in [2.24, 2.45) is 0 Å². The largest absolute Gasteiger partial charge is 0.360 e. The highest BCUT2D eigenvalue weighted by molar-refractivity contribution is 6.35. The average Bonchev–Trinajstić information content (AvgIpc) is 1.45. The standard InChI is InChI=1S/2C24H22N6O.C23H20N6O.C20H20N6O.C19H17ClN6O/c1-14-6-4-9-18(10-14)30-19(11-17-8-5-7-15(2)20(17)24(30)31)16(3)29-23-21-22(26-12-25-21)27-13-28-23;1-14-7-9-18(10-8-14)30-19(11-17-6-4-5-15(2)20(17)24(30)31)16(3)29-23-21-22(26-12-25-21)27-13-28-23;1-14-7-6-8-16-11-18(29(23(30)19(14)16)17-9-4-3-5-10-17)15(2)28-22-20-21(25-12-24-20)26-13-27-22;1-11-4-3-5-13-8-15(26(14-6-7-14)20(27)16(11)13)12(2)25-19-17-18(22-9-21-17)23-10-24-19;1-10(25-18-16-17(22-8-21-16)23-9-24-18)14-7-11-3-2-4-13(20)15(11)19(27)26(14)12-5-6-12/h2*4-13,16H,1-3H3,(H2,25,26,27,28,29);3-13,15H,1-2H3,(H2,24,25,26,27,28);3-5,8-10,12,14H,6-7H2,1-2H3,(H2,21,22,23,24,25);2-4,7-10,12H,5-6H2,1H3,(H2,21,22,23,24,25)/t2*16-;15-;12-;10-/m00000/s1. The van der Waals surface area contributed by atoms with Crippen LogP contribution in [0.5, 0.6) is 0 Å². The molecule has 15 aromatic heterocycles. The molecule has 0 bridgehead atoms. The fourth-order valence-corrected chi connectivity index (χ4v) is 19.5. The van der Waals surface area contributed by atoms with Gasteiger partial charge in [-0.3, -0.25) is 37.7 Å². The van der Waals surface area contributed by atoms with Crippen LogP contribution in [-0.4, -0.2) is 123 Å². The van der Waals surface area contributed by atoms with Gasteiger partial charge in [-0.1, -0.05) is 145 Å². The molecule has 2 aliphatic carbocycles. The zero-order valence-corrected chi connectivity index (χ0v) is 82.3. The Morgan fingerprint density at radius 1 is 0.274 bits per heavy atom. The van der Waals surface area contributed by atoms with Gasteiger partial charge < -0.3 is 60.6 Å². The van der Waals surface area contributed by atoms with Crippen molar-refractivity contribution in [3.63, 3.8) is 0 Å². The van der Waals surface area contributed by atoms with Crippen molar-refractivity contribution in [3.05, 3.63) is 382 Å². The van der Waals surface area contributed by atoms with Crippen LogP contribution in [0, 0.1) is 41.5 Å². The summed E-state index contributed by atoms with van der Waals surface area (Å²) in [6.45, 7) is 22.1. The van der Waals surface area contributed by atoms with Crippen molar-refractivity contribution in [1.29, 1.82) is 0 Å². The van der Waals surface area contributed by atoms with E-state index in [0.29, 0.717) is 73.8 Å². The quantitative estimate of drug-likeness (QED) is 0.0339. The smallest absolute Gasteiger partial charge is 0.263 e. The van der Waals surface area contributed by atoms with Crippen molar-refractivity contribution in [1.82, 2.24) is 123 Å². The summed E-state index contributed by atoms with van der Waals surface area (Å²) in [7, 11) is 0. The van der Waals surface area contributed by atoms with Gasteiger partial charge in [0, 0.05) is 57.6 Å². The van der Waals surface area contributed by atoms with Gasteiger partial charge >= 0.3 is 0 Å². The zero-order chi connectivity index (χ0) is 101. The molecule has 25 rings (SSSR count). The summed E-state index contributed by atoms with van der Waals surface area (Å²) in [6.07, 6.45) is 19.5. The molecule has 2 fully saturated rings. The topological polar surface area (TPSA) is 442 Å². The number of rotatable bonds is 20. The predicted molar refractivity (Wildman–Crippen MR) is 574 cm³/mol. The first-order chi connectivity index (χ1) is 70.9. The van der Waals surface area contributed by atoms with E-state index in [2.05, 4.69) is 157 Å². The maximum Gasteiger partial charge on any atom is 0.263 e. The third kappa shape index (κ3) is 18.5. The minimum atomic E-state index is -0.209. The fourth-order valence-electron chi connectivity index (χ4n) is 19.2. The summed E-state index contributed by atoms with van der Waals surface area (Å²) >= 11 is 6.32. The van der Waals surface area contributed by atoms with Gasteiger partial charge in [0.05, 0.1) is 93.8 Å². The monoisotopic (exact) mass is 1960 g/mol. The van der Waals surface area contributed by atoms with Crippen molar-refractivity contribution in [2.45, 2.75) is 144 Å². The van der Waals surface area contributed by atoms with Crippen molar-refractivity contribution >= 4 is 150 Å². The molecule has 10 N–H and O–H groups in total. The minimum Gasteiger partial charge on any atom is -0.360 e. The first-order valence-corrected chi connectivity index (χ1v) is 48.5. The molecule has 8 aromatic carbocycles. The van der Waals surface area contributed by atoms with E-state index in [1.807, 2.05) is 248 Å². The molecule has 5 atom stereocenters. The lowest BCUT2D eigenvalue weighted by molar-refractivity contribution is 0.636. The maximum atomic E-state index is 13.7. The number of benzene rings is 8. The van der Waals surface area contributed by atoms with E-state index in [1.54, 1.807) is 51.4 Å². The van der Waals surface area contributed by atoms with Crippen LogP contribution in [0.25, 0.3) is 127 Å². The van der Waals surface area contributed by atoms with Crippen molar-refractivity contribution in [3.8, 4) is 17.1 Å². The first-order valence-electron chi connectivity index (χ1n) is 48.1. The minimum absolute atomic E-state index is 0.0285. The van der Waals surface area contributed by atoms with E-state index in [4.69, 9.17) is 11.6 Å². The number of fused-ring (bicyclic) bond motifs is 10. The Hall–Kier alpha value is -18.2. The molecule has 728 valence electrons. The Kier molecular flexibility index (Phi) is 25.6. The number of hydrogen-bond acceptors (Lipinski definition) is 25. The number of imidazole rings is 5. The van der Waals surface area contributed by atoms with Gasteiger partial charge in [0.1, 0.15) is 59.2 Å². The molecular weight excluding hydrogens is 1860 g/mol. The molecule has 146 heavy (non-hydrogen) atoms. The molecule has 0 aliphatic heterocycles. The average molecular weight is 1960 g/mol. The number of aromatic nitrogens is 25. The highest BCUT2D eigenvalue weighted by Gasteiger charge is 2.33. The molecule has 0 spiro atoms. The Morgan fingerprint density at radius 3 is 0.877 bits per heavy atom. The van der Waals surface area contributed by atoms with Gasteiger partial charge in [-0.15, -0.1) is 0 Å². The van der Waals surface area contributed by atoms with Gasteiger partial charge in [0.15, 0.2) is 57.3 Å². The second-order valence-electron chi connectivity index (χ2n) is 36.9. The van der Waals surface area contributed by atoms with E-state index < -0.39 is 0 Å². The number of nitrogens with zero attached hydrogens (tertiary/aromatic N) is 20. The zero-order valence-electron chi connectivity index (χ0n) is 81.6. The number of anilines is 5. The number of aryl methyl sites for hydroxylation is 6. The third-order valence-corrected chi connectivity index (χ3v) is 27.0. The van der Waals surface area contributed by atoms with Gasteiger partial charge in [0.2, 0.25) is 0 Å². The maximum absolute atomic E-state index is 13.7. The fraction of sp³-hybridized carbons (Fsp3) is 0.200. The Labute approximate surface area is 837 Å². The van der Waals surface area contributed by atoms with Crippen LogP contribution in [0.3, 0.4) is 0 Å². The lowest BCUT2D eigenvalue weighted by Gasteiger charge is -2.22. The second kappa shape index (κ2) is 39.7. The van der Waals surface area contributed by atoms with Gasteiger partial charge in [-0.25, -0.2) is 74.8 Å². The molecular formula is C110H101ClN30O5. The lowest BCUT2D eigenvalue weighted by atomic mass is 10.0. The number of hydrogen-bond donors (Lipinski definition) is 10. The van der Waals surface area contributed by atoms with Crippen LogP contribution < -0.4 is 54.4 Å². The number of aromatic amines is 5. The molecule has 0 amide bonds. The van der Waals surface area contributed by atoms with Crippen molar-refractivity contribution < 1.29 is 0 Å². The molecule has 2 aliphatic rings. The SMILES string of the molecule is C[C@H](Nc1ncnc2nc[nH]c12)c1cc2cccc(Cl)c2c(=O)n1C1CC1.Cc1ccc(-n2c([C@H](C)Nc3ncnc4nc[nH]c34)cc3cccc(C)c3c2=O)cc1.Cc1cccc(-n2c([C@H](C)Nc3ncnc4nc[nH]c34)cc3cccc(C)c3c2=O)c1.Cc1cccc2cc([C@H](C)Nc3ncnc4nc[nH]c34)n(-c3ccccc3)c(=O)c12.Cc1cccc2cc([C@H](C)Nc3ncnc4nc[nH]c34)n(C3CC3)c(=O)c12. The summed E-state index contributed by atoms with van der Waals surface area (Å²) in [5.74, 6) is 3.27. The predicted octanol–water partition coefficient (Wildman–Crippen LogP) is 20.3. The molecule has 23 aromatic rings. The summed E-state index contributed by atoms with van der Waals surface area (Å²) < 4.78 is 9.22. The van der Waals surface area contributed by atoms with Crippen LogP contribution in [0.4, 0.5) is 29.1 Å². The van der Waals surface area contributed by atoms with E-state index in [1.165, 1.54) is 31.6 Å². The molecule has 2 saturated carbocycles. The van der Waals surface area contributed by atoms with Crippen LogP contribution in [0.15, 0.2) is 287 Å². The summed E-state index contributed by atoms with van der Waals surface area (Å²) in [6, 6.07) is 65.1. The molecule has 0 unspecified atom stereocenters. The Balaban J connectivity index is 0.000000107. The molecule has 15 heterocycles. The number of para-hydroxylation sites is 1. The Morgan fingerprint density at radius 2 is 0.548 bits per heavy atom. The molecule has 0 saturated heterocycles. The van der Waals surface area contributed by atoms with Gasteiger partial charge in [-0.05, 0) is 229 Å². The normalized spacial score (nSPS) is 13.5. The number of pyridine rings is 5. The molecule has 35 nitrogen and oxygen atoms in total. The van der Waals surface area contributed by atoms with E-state index >= 15 is 0 Å². The lowest BCUT2D eigenvalue weighted by Crippen LogP contribution is -2.26. The van der Waals surface area contributed by atoms with Gasteiger partial charge in [-0.2, -0.15) is 0 Å². The summed E-state index contributed by atoms with van der Waals surface area (Å²) in [5.41, 5.74) is 19.8. The Bertz CT molecular complexity index is 9080.